The van der Waals surface area contributed by atoms with Crippen molar-refractivity contribution in [2.24, 2.45) is 5.73 Å². The van der Waals surface area contributed by atoms with Gasteiger partial charge in [-0.15, -0.1) is 0 Å². The molecule has 0 atom stereocenters. The molecule has 0 aliphatic carbocycles. The number of fused-ring (bicyclic) bond motifs is 1. The van der Waals surface area contributed by atoms with Crippen LogP contribution in [0.15, 0.2) is 42.5 Å². The molecule has 4 N–H and O–H groups in total. The third-order valence-electron chi connectivity index (χ3n) is 4.57. The second-order valence-corrected chi connectivity index (χ2v) is 6.41. The number of nitrogens with two attached hydrogens (primary N) is 1. The van der Waals surface area contributed by atoms with Crippen LogP contribution in [-0.2, 0) is 17.6 Å². The van der Waals surface area contributed by atoms with Crippen LogP contribution in [0.2, 0.25) is 0 Å². The van der Waals surface area contributed by atoms with Crippen molar-refractivity contribution in [2.75, 3.05) is 13.7 Å². The number of aromatic nitrogens is 1. The van der Waals surface area contributed by atoms with E-state index in [4.69, 9.17) is 15.6 Å². The van der Waals surface area contributed by atoms with Gasteiger partial charge in [-0.05, 0) is 61.2 Å². The largest absolute Gasteiger partial charge is 0.497 e. The summed E-state index contributed by atoms with van der Waals surface area (Å²) in [5.41, 5.74) is 10.8. The Morgan fingerprint density at radius 3 is 2.77 bits per heavy atom. The Morgan fingerprint density at radius 1 is 1.19 bits per heavy atom. The summed E-state index contributed by atoms with van der Waals surface area (Å²) in [6, 6.07) is 13.8. The van der Waals surface area contributed by atoms with E-state index in [0.29, 0.717) is 6.54 Å². The predicted octanol–water partition coefficient (Wildman–Crippen LogP) is 3.75. The molecule has 26 heavy (non-hydrogen) atoms. The van der Waals surface area contributed by atoms with E-state index in [1.54, 1.807) is 7.11 Å². The van der Waals surface area contributed by atoms with E-state index in [1.165, 1.54) is 5.56 Å². The maximum absolute atomic E-state index is 11.1. The molecule has 0 aliphatic rings. The second kappa shape index (κ2) is 8.06. The second-order valence-electron chi connectivity index (χ2n) is 6.41. The average Bonchev–Trinajstić information content (AvgIpc) is 2.99. The highest BCUT2D eigenvalue weighted by Crippen LogP contribution is 2.33. The molecule has 0 fully saturated rings. The average molecular weight is 352 g/mol. The first kappa shape index (κ1) is 18.0. The fourth-order valence-electron chi connectivity index (χ4n) is 3.31. The number of unbranched alkanes of at least 4 members (excludes halogenated alkanes) is 1. The molecule has 0 unspecified atom stereocenters. The topological polar surface area (TPSA) is 88.3 Å². The normalized spacial score (nSPS) is 11.0. The number of aliphatic carboxylic acids is 1. The van der Waals surface area contributed by atoms with Crippen molar-refractivity contribution in [3.05, 3.63) is 53.6 Å². The van der Waals surface area contributed by atoms with Crippen LogP contribution in [0.4, 0.5) is 0 Å². The number of ether oxygens (including phenoxy) is 1. The number of carboxylic acid groups (broad SMARTS) is 1. The predicted molar refractivity (Wildman–Crippen MR) is 104 cm³/mol. The van der Waals surface area contributed by atoms with E-state index in [-0.39, 0.29) is 6.42 Å². The summed E-state index contributed by atoms with van der Waals surface area (Å²) < 4.78 is 5.36. The number of nitrogens with one attached hydrogen (secondary N) is 1. The molecule has 5 heteroatoms. The van der Waals surface area contributed by atoms with E-state index in [9.17, 15) is 4.79 Å². The lowest BCUT2D eigenvalue weighted by atomic mass is 9.98. The Hall–Kier alpha value is -2.79. The Morgan fingerprint density at radius 2 is 2.04 bits per heavy atom. The zero-order valence-corrected chi connectivity index (χ0v) is 14.9. The standard InChI is InChI=1S/C21H24N2O3/c1-26-16-6-4-5-15(13-16)21-17(7-2-3-10-22)18-11-14(12-20(24)25)8-9-19(18)23-21/h4-6,8-9,11,13,23H,2-3,7,10,12,22H2,1H3,(H,24,25). The fourth-order valence-corrected chi connectivity index (χ4v) is 3.31. The summed E-state index contributed by atoms with van der Waals surface area (Å²) in [4.78, 5) is 14.6. The lowest BCUT2D eigenvalue weighted by Crippen LogP contribution is -2.00. The van der Waals surface area contributed by atoms with Gasteiger partial charge in [0.1, 0.15) is 5.75 Å². The number of hydrogen-bond donors (Lipinski definition) is 3. The Bertz CT molecular complexity index is 915. The molecule has 3 rings (SSSR count). The van der Waals surface area contributed by atoms with Gasteiger partial charge in [0.2, 0.25) is 0 Å². The highest BCUT2D eigenvalue weighted by molar-refractivity contribution is 5.92. The first-order valence-electron chi connectivity index (χ1n) is 8.82. The Balaban J connectivity index is 2.10. The molecule has 2 aromatic carbocycles. The molecule has 1 heterocycles. The van der Waals surface area contributed by atoms with Crippen molar-refractivity contribution in [1.82, 2.24) is 4.98 Å². The van der Waals surface area contributed by atoms with Gasteiger partial charge < -0.3 is 20.6 Å². The number of methoxy groups -OCH3 is 1. The Labute approximate surface area is 152 Å². The lowest BCUT2D eigenvalue weighted by Gasteiger charge is -2.07. The number of aromatic amines is 1. The zero-order chi connectivity index (χ0) is 18.5. The van der Waals surface area contributed by atoms with Crippen LogP contribution in [-0.4, -0.2) is 29.7 Å². The minimum absolute atomic E-state index is 0.0256. The molecule has 1 aromatic heterocycles. The van der Waals surface area contributed by atoms with Crippen molar-refractivity contribution in [2.45, 2.75) is 25.7 Å². The quantitative estimate of drug-likeness (QED) is 0.539. The molecular formula is C21H24N2O3. The van der Waals surface area contributed by atoms with Crippen molar-refractivity contribution >= 4 is 16.9 Å². The first-order chi connectivity index (χ1) is 12.6. The van der Waals surface area contributed by atoms with Gasteiger partial charge in [-0.3, -0.25) is 4.79 Å². The van der Waals surface area contributed by atoms with Gasteiger partial charge in [0.25, 0.3) is 0 Å². The summed E-state index contributed by atoms with van der Waals surface area (Å²) in [6.07, 6.45) is 2.86. The third-order valence-corrected chi connectivity index (χ3v) is 4.57. The number of aryl methyl sites for hydroxylation is 1. The van der Waals surface area contributed by atoms with E-state index in [0.717, 1.165) is 52.7 Å². The first-order valence-corrected chi connectivity index (χ1v) is 8.82. The molecule has 0 amide bonds. The third kappa shape index (κ3) is 3.89. The van der Waals surface area contributed by atoms with Gasteiger partial charge in [-0.2, -0.15) is 0 Å². The molecule has 0 saturated heterocycles. The minimum Gasteiger partial charge on any atom is -0.497 e. The van der Waals surface area contributed by atoms with Crippen LogP contribution in [0.5, 0.6) is 5.75 Å². The van der Waals surface area contributed by atoms with Crippen LogP contribution in [0.1, 0.15) is 24.0 Å². The summed E-state index contributed by atoms with van der Waals surface area (Å²) in [6.45, 7) is 0.668. The number of benzene rings is 2. The molecule has 5 nitrogen and oxygen atoms in total. The van der Waals surface area contributed by atoms with Gasteiger partial charge in [0.05, 0.1) is 13.5 Å². The van der Waals surface area contributed by atoms with Gasteiger partial charge in [0.15, 0.2) is 0 Å². The fraction of sp³-hybridized carbons (Fsp3) is 0.286. The molecule has 3 aromatic rings. The smallest absolute Gasteiger partial charge is 0.307 e. The summed E-state index contributed by atoms with van der Waals surface area (Å²) in [5.74, 6) is -0.0155. The number of carboxylic acids is 1. The van der Waals surface area contributed by atoms with Crippen LogP contribution >= 0.6 is 0 Å². The van der Waals surface area contributed by atoms with Crippen LogP contribution < -0.4 is 10.5 Å². The van der Waals surface area contributed by atoms with Crippen LogP contribution in [0, 0.1) is 0 Å². The highest BCUT2D eigenvalue weighted by Gasteiger charge is 2.14. The highest BCUT2D eigenvalue weighted by atomic mass is 16.5. The van der Waals surface area contributed by atoms with E-state index < -0.39 is 5.97 Å². The molecule has 0 radical (unpaired) electrons. The van der Waals surface area contributed by atoms with Gasteiger partial charge >= 0.3 is 5.97 Å². The number of hydrogen-bond acceptors (Lipinski definition) is 3. The lowest BCUT2D eigenvalue weighted by molar-refractivity contribution is -0.136. The number of rotatable bonds is 8. The monoisotopic (exact) mass is 352 g/mol. The Kier molecular flexibility index (Phi) is 5.58. The number of H-pyrrole nitrogens is 1. The number of carbonyl (C=O) groups is 1. The molecule has 0 saturated carbocycles. The van der Waals surface area contributed by atoms with Crippen molar-refractivity contribution in [3.8, 4) is 17.0 Å². The molecule has 0 spiro atoms. The summed E-state index contributed by atoms with van der Waals surface area (Å²) >= 11 is 0. The van der Waals surface area contributed by atoms with E-state index in [1.807, 2.05) is 36.4 Å². The van der Waals surface area contributed by atoms with E-state index in [2.05, 4.69) is 11.1 Å². The van der Waals surface area contributed by atoms with Gasteiger partial charge in [-0.25, -0.2) is 0 Å². The summed E-state index contributed by atoms with van der Waals surface area (Å²) in [5, 5.41) is 10.2. The van der Waals surface area contributed by atoms with E-state index >= 15 is 0 Å². The van der Waals surface area contributed by atoms with Crippen molar-refractivity contribution < 1.29 is 14.6 Å². The molecular weight excluding hydrogens is 328 g/mol. The molecule has 0 bridgehead atoms. The van der Waals surface area contributed by atoms with Crippen molar-refractivity contribution in [3.63, 3.8) is 0 Å². The maximum Gasteiger partial charge on any atom is 0.307 e. The molecule has 0 aliphatic heterocycles. The SMILES string of the molecule is COc1cccc(-c2[nH]c3ccc(CC(=O)O)cc3c2CCCCN)c1. The van der Waals surface area contributed by atoms with Gasteiger partial charge in [-0.1, -0.05) is 18.2 Å². The molecule has 136 valence electrons. The summed E-state index contributed by atoms with van der Waals surface area (Å²) in [7, 11) is 1.66. The van der Waals surface area contributed by atoms with Crippen molar-refractivity contribution in [1.29, 1.82) is 0 Å². The zero-order valence-electron chi connectivity index (χ0n) is 14.9. The minimum atomic E-state index is -0.822. The van der Waals surface area contributed by atoms with Gasteiger partial charge in [0, 0.05) is 22.2 Å². The van der Waals surface area contributed by atoms with Crippen LogP contribution in [0.3, 0.4) is 0 Å². The van der Waals surface area contributed by atoms with Crippen LogP contribution in [0.25, 0.3) is 22.2 Å². The maximum atomic E-state index is 11.1.